The van der Waals surface area contributed by atoms with E-state index in [1.54, 1.807) is 0 Å². The minimum absolute atomic E-state index is 0.162. The fourth-order valence-corrected chi connectivity index (χ4v) is 8.41. The number of ether oxygens (including phenoxy) is 1. The van der Waals surface area contributed by atoms with Crippen molar-refractivity contribution in [1.29, 1.82) is 0 Å². The van der Waals surface area contributed by atoms with Crippen molar-refractivity contribution in [1.82, 2.24) is 0 Å². The normalized spacial score (nSPS) is 28.1. The number of benzene rings is 2. The van der Waals surface area contributed by atoms with Gasteiger partial charge in [-0.2, -0.15) is 4.39 Å². The van der Waals surface area contributed by atoms with Gasteiger partial charge in [0, 0.05) is 11.1 Å². The van der Waals surface area contributed by atoms with Gasteiger partial charge < -0.3 is 4.74 Å². The molecule has 42 heavy (non-hydrogen) atoms. The maximum atomic E-state index is 15.1. The Morgan fingerprint density at radius 1 is 0.690 bits per heavy atom. The van der Waals surface area contributed by atoms with Crippen molar-refractivity contribution in [2.75, 3.05) is 6.61 Å². The highest BCUT2D eigenvalue weighted by Crippen LogP contribution is 2.49. The first-order valence-corrected chi connectivity index (χ1v) is 16.6. The fourth-order valence-electron chi connectivity index (χ4n) is 8.41. The predicted octanol–water partition coefficient (Wildman–Crippen LogP) is 11.2. The van der Waals surface area contributed by atoms with Crippen molar-refractivity contribution in [3.63, 3.8) is 0 Å². The molecule has 4 unspecified atom stereocenters. The molecule has 3 fully saturated rings. The molecule has 0 saturated heterocycles. The van der Waals surface area contributed by atoms with Crippen molar-refractivity contribution in [2.45, 2.75) is 104 Å². The molecule has 1 nitrogen and oxygen atoms in total. The third-order valence-corrected chi connectivity index (χ3v) is 10.8. The Labute approximate surface area is 250 Å². The summed E-state index contributed by atoms with van der Waals surface area (Å²) in [6.07, 6.45) is 20.4. The Hall–Kier alpha value is -2.30. The minimum atomic E-state index is -1.21. The van der Waals surface area contributed by atoms with Gasteiger partial charge in [0.15, 0.2) is 23.2 Å². The monoisotopic (exact) mass is 584 g/mol. The van der Waals surface area contributed by atoms with Crippen LogP contribution in [0.1, 0.15) is 103 Å². The molecule has 5 heteroatoms. The van der Waals surface area contributed by atoms with Crippen LogP contribution in [-0.2, 0) is 6.42 Å². The molecular formula is C37H48F4O. The zero-order valence-corrected chi connectivity index (χ0v) is 25.5. The lowest BCUT2D eigenvalue weighted by Crippen LogP contribution is -2.35. The highest BCUT2D eigenvalue weighted by molar-refractivity contribution is 5.66. The van der Waals surface area contributed by atoms with Gasteiger partial charge in [-0.1, -0.05) is 56.9 Å². The summed E-state index contributed by atoms with van der Waals surface area (Å²) in [5.41, 5.74) is -0.367. The summed E-state index contributed by atoms with van der Waals surface area (Å²) < 4.78 is 65.5. The Bertz CT molecular complexity index is 1210. The highest BCUT2D eigenvalue weighted by atomic mass is 19.2. The van der Waals surface area contributed by atoms with E-state index in [0.29, 0.717) is 31.3 Å². The van der Waals surface area contributed by atoms with Crippen molar-refractivity contribution >= 4 is 0 Å². The Kier molecular flexibility index (Phi) is 10.7. The molecule has 0 radical (unpaired) electrons. The lowest BCUT2D eigenvalue weighted by Gasteiger charge is -2.45. The average Bonchev–Trinajstić information content (AvgIpc) is 3.01. The maximum absolute atomic E-state index is 15.1. The van der Waals surface area contributed by atoms with Crippen LogP contribution < -0.4 is 4.74 Å². The topological polar surface area (TPSA) is 9.23 Å². The number of hydrogen-bond donors (Lipinski definition) is 0. The zero-order valence-electron chi connectivity index (χ0n) is 25.5. The van der Waals surface area contributed by atoms with Gasteiger partial charge in [-0.25, -0.2) is 13.2 Å². The summed E-state index contributed by atoms with van der Waals surface area (Å²) in [7, 11) is 0. The first-order valence-electron chi connectivity index (χ1n) is 16.6. The Morgan fingerprint density at radius 3 is 2.00 bits per heavy atom. The lowest BCUT2D eigenvalue weighted by molar-refractivity contribution is 0.0478. The Balaban J connectivity index is 1.14. The third-order valence-electron chi connectivity index (χ3n) is 10.8. The van der Waals surface area contributed by atoms with Crippen molar-refractivity contribution < 1.29 is 22.3 Å². The summed E-state index contributed by atoms with van der Waals surface area (Å²) in [4.78, 5) is 0. The number of rotatable bonds is 10. The van der Waals surface area contributed by atoms with E-state index in [4.69, 9.17) is 4.74 Å². The minimum Gasteiger partial charge on any atom is -0.490 e. The van der Waals surface area contributed by atoms with Crippen LogP contribution in [0.5, 0.6) is 5.75 Å². The van der Waals surface area contributed by atoms with Crippen LogP contribution in [0.15, 0.2) is 36.4 Å². The Morgan fingerprint density at radius 2 is 1.29 bits per heavy atom. The molecule has 0 aromatic heterocycles. The molecule has 3 aliphatic rings. The lowest BCUT2D eigenvalue weighted by atomic mass is 9.61. The van der Waals surface area contributed by atoms with Crippen molar-refractivity contribution in [2.24, 2.45) is 35.5 Å². The highest BCUT2D eigenvalue weighted by Gasteiger charge is 2.39. The van der Waals surface area contributed by atoms with E-state index in [9.17, 15) is 8.78 Å². The van der Waals surface area contributed by atoms with E-state index < -0.39 is 23.3 Å². The van der Waals surface area contributed by atoms with Crippen LogP contribution in [0.4, 0.5) is 17.6 Å². The summed E-state index contributed by atoms with van der Waals surface area (Å²) in [6.45, 7) is 4.52. The SMILES string of the molecule is C/C=C/CCc1ccc(-c2ccc(OCC3CCC4CC(C5CCC(CCC)CC5)CCC4C3)c(F)c2F)c(F)c1F. The largest absolute Gasteiger partial charge is 0.490 e. The molecule has 4 atom stereocenters. The van der Waals surface area contributed by atoms with Gasteiger partial charge in [0.1, 0.15) is 0 Å². The third kappa shape index (κ3) is 7.08. The summed E-state index contributed by atoms with van der Waals surface area (Å²) in [6, 6.07) is 5.41. The molecular weight excluding hydrogens is 536 g/mol. The predicted molar refractivity (Wildman–Crippen MR) is 162 cm³/mol. The van der Waals surface area contributed by atoms with Gasteiger partial charge in [0.25, 0.3) is 0 Å². The number of halogens is 4. The number of fused-ring (bicyclic) bond motifs is 1. The van der Waals surface area contributed by atoms with Crippen LogP contribution in [0, 0.1) is 58.8 Å². The van der Waals surface area contributed by atoms with Gasteiger partial charge in [-0.15, -0.1) is 0 Å². The fraction of sp³-hybridized carbons (Fsp3) is 0.622. The van der Waals surface area contributed by atoms with E-state index in [1.807, 2.05) is 19.1 Å². The summed E-state index contributed by atoms with van der Waals surface area (Å²) in [5, 5.41) is 0. The molecule has 5 rings (SSSR count). The first kappa shape index (κ1) is 31.1. The average molecular weight is 585 g/mol. The standard InChI is InChI=1S/C37H48F4O/c1-3-5-6-8-27-17-18-31(35(39)34(27)38)32-19-20-33(37(41)36(32)40)42-23-25-11-14-30-22-29(16-15-28(30)21-25)26-12-9-24(7-4-2)10-13-26/h3,5,17-20,24-26,28-30H,4,6-16,21-23H2,1-2H3/b5-3+. The van der Waals surface area contributed by atoms with E-state index in [1.165, 1.54) is 88.5 Å². The van der Waals surface area contributed by atoms with Crippen LogP contribution in [0.25, 0.3) is 11.1 Å². The molecule has 0 bridgehead atoms. The molecule has 3 saturated carbocycles. The van der Waals surface area contributed by atoms with Crippen LogP contribution in [-0.4, -0.2) is 6.61 Å². The molecule has 3 aliphatic carbocycles. The quantitative estimate of drug-likeness (QED) is 0.199. The molecule has 0 amide bonds. The zero-order chi connectivity index (χ0) is 29.6. The number of aryl methyl sites for hydroxylation is 1. The van der Waals surface area contributed by atoms with Crippen LogP contribution in [0.3, 0.4) is 0 Å². The molecule has 230 valence electrons. The van der Waals surface area contributed by atoms with Crippen LogP contribution >= 0.6 is 0 Å². The van der Waals surface area contributed by atoms with Gasteiger partial charge in [0.05, 0.1) is 6.61 Å². The van der Waals surface area contributed by atoms with E-state index in [0.717, 1.165) is 36.5 Å². The first-order chi connectivity index (χ1) is 20.4. The van der Waals surface area contributed by atoms with Crippen molar-refractivity contribution in [3.8, 4) is 16.9 Å². The van der Waals surface area contributed by atoms with Gasteiger partial charge in [-0.05, 0) is 124 Å². The van der Waals surface area contributed by atoms with Crippen LogP contribution in [0.2, 0.25) is 0 Å². The van der Waals surface area contributed by atoms with Crippen molar-refractivity contribution in [3.05, 3.63) is 65.2 Å². The van der Waals surface area contributed by atoms with E-state index in [-0.39, 0.29) is 22.4 Å². The second-order valence-corrected chi connectivity index (χ2v) is 13.4. The van der Waals surface area contributed by atoms with E-state index in [2.05, 4.69) is 6.92 Å². The molecule has 2 aromatic carbocycles. The summed E-state index contributed by atoms with van der Waals surface area (Å²) >= 11 is 0. The molecule has 0 N–H and O–H groups in total. The van der Waals surface area contributed by atoms with Gasteiger partial charge in [-0.3, -0.25) is 0 Å². The smallest absolute Gasteiger partial charge is 0.201 e. The maximum Gasteiger partial charge on any atom is 0.201 e. The molecule has 0 aliphatic heterocycles. The second-order valence-electron chi connectivity index (χ2n) is 13.4. The molecule has 0 heterocycles. The van der Waals surface area contributed by atoms with E-state index >= 15 is 8.78 Å². The van der Waals surface area contributed by atoms with Gasteiger partial charge in [0.2, 0.25) is 5.82 Å². The summed E-state index contributed by atoms with van der Waals surface area (Å²) in [5.74, 6) is -0.0733. The number of allylic oxidation sites excluding steroid dienone is 2. The second kappa shape index (κ2) is 14.4. The molecule has 2 aromatic rings. The number of hydrogen-bond acceptors (Lipinski definition) is 1. The van der Waals surface area contributed by atoms with Gasteiger partial charge >= 0.3 is 0 Å². The molecule has 0 spiro atoms.